The van der Waals surface area contributed by atoms with Crippen LogP contribution in [0.3, 0.4) is 0 Å². The molecule has 0 bridgehead atoms. The van der Waals surface area contributed by atoms with E-state index in [0.29, 0.717) is 29.5 Å². The second-order valence-electron chi connectivity index (χ2n) is 7.40. The summed E-state index contributed by atoms with van der Waals surface area (Å²) in [5, 5.41) is 17.4. The van der Waals surface area contributed by atoms with Crippen molar-refractivity contribution in [3.05, 3.63) is 83.9 Å². The summed E-state index contributed by atoms with van der Waals surface area (Å²) in [5.41, 5.74) is -0.595. The maximum absolute atomic E-state index is 13.5. The molecule has 1 aliphatic heterocycles. The number of rotatable bonds is 7. The number of anilines is 2. The monoisotopic (exact) mass is 447 g/mol. The Hall–Kier alpha value is -4.04. The Balaban J connectivity index is 1.72. The van der Waals surface area contributed by atoms with Gasteiger partial charge in [0.25, 0.3) is 11.6 Å². The van der Waals surface area contributed by atoms with Gasteiger partial charge in [0, 0.05) is 23.4 Å². The average Bonchev–Trinajstić information content (AvgIpc) is 2.84. The Morgan fingerprint density at radius 2 is 1.76 bits per heavy atom. The molecule has 3 aromatic carbocycles. The van der Waals surface area contributed by atoms with Gasteiger partial charge in [-0.1, -0.05) is 36.4 Å². The van der Waals surface area contributed by atoms with Crippen LogP contribution in [0.15, 0.2) is 72.8 Å². The van der Waals surface area contributed by atoms with Crippen LogP contribution in [-0.2, 0) is 17.1 Å². The predicted molar refractivity (Wildman–Crippen MR) is 124 cm³/mol. The Labute approximate surface area is 191 Å². The fourth-order valence-electron chi connectivity index (χ4n) is 3.87. The fourth-order valence-corrected chi connectivity index (χ4v) is 3.87. The number of methoxy groups -OCH3 is 1. The summed E-state index contributed by atoms with van der Waals surface area (Å²) < 4.78 is 10.8. The fraction of sp³-hybridized carbons (Fsp3) is 0.200. The van der Waals surface area contributed by atoms with Crippen molar-refractivity contribution in [1.29, 1.82) is 0 Å². The highest BCUT2D eigenvalue weighted by Gasteiger charge is 2.51. The highest BCUT2D eigenvalue weighted by Crippen LogP contribution is 2.40. The summed E-state index contributed by atoms with van der Waals surface area (Å²) in [6, 6.07) is 19.9. The second-order valence-corrected chi connectivity index (χ2v) is 7.40. The lowest BCUT2D eigenvalue weighted by atomic mass is 9.94. The zero-order valence-corrected chi connectivity index (χ0v) is 18.4. The van der Waals surface area contributed by atoms with Crippen LogP contribution in [0.2, 0.25) is 0 Å². The van der Waals surface area contributed by atoms with E-state index in [9.17, 15) is 14.7 Å². The lowest BCUT2D eigenvalue weighted by molar-refractivity contribution is -0.140. The third kappa shape index (κ3) is 4.08. The van der Waals surface area contributed by atoms with Gasteiger partial charge in [-0.25, -0.2) is 4.79 Å². The number of nitrogens with zero attached hydrogens (tertiary/aromatic N) is 1. The van der Waals surface area contributed by atoms with Gasteiger partial charge in [0.1, 0.15) is 11.5 Å². The highest BCUT2D eigenvalue weighted by atomic mass is 16.5. The maximum atomic E-state index is 13.5. The molecule has 0 radical (unpaired) electrons. The first-order valence-electron chi connectivity index (χ1n) is 10.5. The molecule has 8 heteroatoms. The average molecular weight is 447 g/mol. The number of para-hydroxylation sites is 2. The third-order valence-electron chi connectivity index (χ3n) is 5.43. The van der Waals surface area contributed by atoms with E-state index in [1.165, 1.54) is 0 Å². The number of fused-ring (bicyclic) bond motifs is 1. The van der Waals surface area contributed by atoms with Gasteiger partial charge in [0.2, 0.25) is 0 Å². The van der Waals surface area contributed by atoms with Crippen molar-refractivity contribution in [3.63, 3.8) is 0 Å². The number of hydrogen-bond donors (Lipinski definition) is 3. The van der Waals surface area contributed by atoms with Crippen LogP contribution >= 0.6 is 0 Å². The molecule has 170 valence electrons. The van der Waals surface area contributed by atoms with E-state index in [2.05, 4.69) is 10.6 Å². The predicted octanol–water partition coefficient (Wildman–Crippen LogP) is 3.61. The topological polar surface area (TPSA) is 100 Å². The van der Waals surface area contributed by atoms with Gasteiger partial charge < -0.3 is 25.2 Å². The normalized spacial score (nSPS) is 17.1. The first kappa shape index (κ1) is 22.2. The molecular formula is C25H25N3O5. The Morgan fingerprint density at radius 3 is 2.48 bits per heavy atom. The summed E-state index contributed by atoms with van der Waals surface area (Å²) in [6.45, 7) is 2.46. The minimum atomic E-state index is -2.28. The maximum Gasteiger partial charge on any atom is 0.329 e. The Kier molecular flexibility index (Phi) is 6.19. The first-order valence-corrected chi connectivity index (χ1v) is 10.5. The van der Waals surface area contributed by atoms with Crippen LogP contribution in [0.5, 0.6) is 11.5 Å². The molecule has 33 heavy (non-hydrogen) atoms. The van der Waals surface area contributed by atoms with E-state index < -0.39 is 17.7 Å². The molecule has 1 atom stereocenters. The van der Waals surface area contributed by atoms with Crippen LogP contribution in [0, 0.1) is 0 Å². The molecule has 1 aliphatic rings. The summed E-state index contributed by atoms with van der Waals surface area (Å²) in [7, 11) is 1.55. The summed E-state index contributed by atoms with van der Waals surface area (Å²) in [4.78, 5) is 27.6. The summed E-state index contributed by atoms with van der Waals surface area (Å²) >= 11 is 0. The van der Waals surface area contributed by atoms with Crippen molar-refractivity contribution in [2.75, 3.05) is 23.9 Å². The Morgan fingerprint density at radius 1 is 1.06 bits per heavy atom. The zero-order chi connectivity index (χ0) is 23.4. The van der Waals surface area contributed by atoms with Crippen molar-refractivity contribution in [1.82, 2.24) is 5.32 Å². The van der Waals surface area contributed by atoms with E-state index >= 15 is 0 Å². The van der Waals surface area contributed by atoms with Crippen LogP contribution in [0.1, 0.15) is 18.1 Å². The van der Waals surface area contributed by atoms with E-state index in [-0.39, 0.29) is 12.1 Å². The van der Waals surface area contributed by atoms with Gasteiger partial charge in [-0.15, -0.1) is 0 Å². The second kappa shape index (κ2) is 9.22. The third-order valence-corrected chi connectivity index (χ3v) is 5.43. The number of aliphatic hydroxyl groups is 1. The standard InChI is InChI=1S/C25H25N3O5/c1-3-33-19-14-12-18(13-15-19)28-24(30)27-21-10-6-5-9-20(21)25(28,31)23(29)26-16-17-8-4-7-11-22(17)32-2/h4-15,31H,3,16H2,1-2H3,(H,26,29)(H,27,30). The van der Waals surface area contributed by atoms with Crippen molar-refractivity contribution in [2.45, 2.75) is 19.2 Å². The lowest BCUT2D eigenvalue weighted by Gasteiger charge is -2.42. The van der Waals surface area contributed by atoms with Gasteiger partial charge in [0.15, 0.2) is 0 Å². The first-order chi connectivity index (χ1) is 16.0. The minimum Gasteiger partial charge on any atom is -0.496 e. The van der Waals surface area contributed by atoms with E-state index in [1.807, 2.05) is 25.1 Å². The molecule has 3 amide bonds. The molecule has 4 rings (SSSR count). The van der Waals surface area contributed by atoms with Crippen LogP contribution in [0.4, 0.5) is 16.2 Å². The molecule has 0 saturated carbocycles. The summed E-state index contributed by atoms with van der Waals surface area (Å²) in [6.07, 6.45) is 0. The Bertz CT molecular complexity index is 1160. The molecule has 0 aromatic heterocycles. The lowest BCUT2D eigenvalue weighted by Crippen LogP contribution is -2.62. The molecule has 3 N–H and O–H groups in total. The van der Waals surface area contributed by atoms with Gasteiger partial charge in [-0.3, -0.25) is 9.69 Å². The van der Waals surface area contributed by atoms with Gasteiger partial charge in [0.05, 0.1) is 19.4 Å². The molecule has 0 fully saturated rings. The quantitative estimate of drug-likeness (QED) is 0.514. The molecule has 0 aliphatic carbocycles. The van der Waals surface area contributed by atoms with E-state index in [4.69, 9.17) is 9.47 Å². The number of amides is 3. The molecule has 1 unspecified atom stereocenters. The zero-order valence-electron chi connectivity index (χ0n) is 18.4. The number of ether oxygens (including phenoxy) is 2. The number of urea groups is 1. The minimum absolute atomic E-state index is 0.103. The van der Waals surface area contributed by atoms with Crippen molar-refractivity contribution in [2.24, 2.45) is 0 Å². The molecule has 0 spiro atoms. The number of nitrogens with one attached hydrogen (secondary N) is 2. The largest absolute Gasteiger partial charge is 0.496 e. The van der Waals surface area contributed by atoms with Crippen LogP contribution in [-0.4, -0.2) is 30.8 Å². The molecule has 1 heterocycles. The SMILES string of the molecule is CCOc1ccc(N2C(=O)Nc3ccccc3C2(O)C(=O)NCc2ccccc2OC)cc1. The number of carbonyl (C=O) groups is 2. The van der Waals surface area contributed by atoms with Crippen molar-refractivity contribution >= 4 is 23.3 Å². The van der Waals surface area contributed by atoms with Crippen molar-refractivity contribution < 1.29 is 24.2 Å². The van der Waals surface area contributed by atoms with Crippen LogP contribution in [0.25, 0.3) is 0 Å². The van der Waals surface area contributed by atoms with Crippen LogP contribution < -0.4 is 25.0 Å². The van der Waals surface area contributed by atoms with E-state index in [1.54, 1.807) is 61.7 Å². The number of carbonyl (C=O) groups excluding carboxylic acids is 2. The number of benzene rings is 3. The molecule has 8 nitrogen and oxygen atoms in total. The smallest absolute Gasteiger partial charge is 0.329 e. The molecule has 0 saturated heterocycles. The van der Waals surface area contributed by atoms with Crippen molar-refractivity contribution in [3.8, 4) is 11.5 Å². The number of hydrogen-bond acceptors (Lipinski definition) is 5. The molecule has 3 aromatic rings. The van der Waals surface area contributed by atoms with E-state index in [0.717, 1.165) is 10.5 Å². The molecular weight excluding hydrogens is 422 g/mol. The van der Waals surface area contributed by atoms with Gasteiger partial charge in [-0.2, -0.15) is 0 Å². The van der Waals surface area contributed by atoms with Gasteiger partial charge >= 0.3 is 6.03 Å². The summed E-state index contributed by atoms with van der Waals surface area (Å²) in [5.74, 6) is 0.475. The van der Waals surface area contributed by atoms with Gasteiger partial charge in [-0.05, 0) is 43.3 Å². The highest BCUT2D eigenvalue weighted by molar-refractivity contribution is 6.11.